The number of hydrogen-bond donors (Lipinski definition) is 3. The highest BCUT2D eigenvalue weighted by atomic mass is 16.5. The lowest BCUT2D eigenvalue weighted by atomic mass is 9.47. The summed E-state index contributed by atoms with van der Waals surface area (Å²) in [4.78, 5) is 6.61. The number of benzene rings is 2. The van der Waals surface area contributed by atoms with Gasteiger partial charge in [0.25, 0.3) is 0 Å². The third kappa shape index (κ3) is 2.24. The Labute approximate surface area is 200 Å². The van der Waals surface area contributed by atoms with E-state index >= 15 is 0 Å². The lowest BCUT2D eigenvalue weighted by Crippen LogP contribution is -2.79. The van der Waals surface area contributed by atoms with Gasteiger partial charge in [0.2, 0.25) is 0 Å². The number of aromatic amines is 1. The molecule has 3 aliphatic carbocycles. The molecule has 5 nitrogen and oxygen atoms in total. The highest BCUT2D eigenvalue weighted by molar-refractivity contribution is 5.86. The molecule has 176 valence electrons. The zero-order chi connectivity index (χ0) is 22.7. The Balaban J connectivity index is 1.43. The topological polar surface area (TPSA) is 60.5 Å². The predicted molar refractivity (Wildman–Crippen MR) is 133 cm³/mol. The number of nitrogens with one attached hydrogen (secondary N) is 2. The molecule has 0 amide bonds. The van der Waals surface area contributed by atoms with Crippen LogP contribution >= 0.6 is 0 Å². The zero-order valence-corrected chi connectivity index (χ0v) is 19.9. The average molecular weight is 456 g/mol. The highest BCUT2D eigenvalue weighted by Crippen LogP contribution is 2.69. The van der Waals surface area contributed by atoms with Crippen molar-refractivity contribution in [2.75, 3.05) is 19.6 Å². The minimum Gasteiger partial charge on any atom is -0.504 e. The van der Waals surface area contributed by atoms with Gasteiger partial charge in [-0.15, -0.1) is 0 Å². The molecule has 4 atom stereocenters. The quantitative estimate of drug-likeness (QED) is 0.527. The smallest absolute Gasteiger partial charge is 0.166 e. The van der Waals surface area contributed by atoms with Crippen LogP contribution in [-0.2, 0) is 18.3 Å². The van der Waals surface area contributed by atoms with Crippen LogP contribution < -0.4 is 10.1 Å². The highest BCUT2D eigenvalue weighted by Gasteiger charge is 2.72. The molecule has 3 N–H and O–H groups in total. The molecule has 1 aromatic heterocycles. The molecule has 2 bridgehead atoms. The van der Waals surface area contributed by atoms with E-state index in [1.54, 1.807) is 0 Å². The summed E-state index contributed by atoms with van der Waals surface area (Å²) in [7, 11) is 0. The number of fused-ring (bicyclic) bond motifs is 4. The number of H-pyrrole nitrogens is 1. The lowest BCUT2D eigenvalue weighted by Gasteiger charge is -2.65. The summed E-state index contributed by atoms with van der Waals surface area (Å²) in [5, 5.41) is 16.5. The fraction of sp³-hybridized carbons (Fsp3) is 0.517. The maximum absolute atomic E-state index is 11.0. The fourth-order valence-electron chi connectivity index (χ4n) is 8.30. The molecular weight excluding hydrogens is 422 g/mol. The normalized spacial score (nSPS) is 33.0. The van der Waals surface area contributed by atoms with Gasteiger partial charge in [-0.1, -0.05) is 31.2 Å². The Hall–Kier alpha value is -2.50. The number of nitrogens with zero attached hydrogens (tertiary/aromatic N) is 1. The summed E-state index contributed by atoms with van der Waals surface area (Å²) in [6.07, 6.45) is 6.89. The van der Waals surface area contributed by atoms with E-state index in [1.165, 1.54) is 52.7 Å². The third-order valence-electron chi connectivity index (χ3n) is 9.81. The number of para-hydroxylation sites is 1. The van der Waals surface area contributed by atoms with E-state index in [2.05, 4.69) is 52.5 Å². The lowest BCUT2D eigenvalue weighted by molar-refractivity contribution is -0.0749. The van der Waals surface area contributed by atoms with Crippen LogP contribution in [0.2, 0.25) is 0 Å². The average Bonchev–Trinajstić information content (AvgIpc) is 3.49. The van der Waals surface area contributed by atoms with Crippen molar-refractivity contribution < 1.29 is 9.84 Å². The molecule has 5 heteroatoms. The number of rotatable bonds is 5. The zero-order valence-electron chi connectivity index (χ0n) is 19.9. The molecule has 5 aliphatic rings. The summed E-state index contributed by atoms with van der Waals surface area (Å²) < 4.78 is 6.86. The van der Waals surface area contributed by atoms with Gasteiger partial charge in [-0.05, 0) is 80.8 Å². The first kappa shape index (κ1) is 19.8. The van der Waals surface area contributed by atoms with Crippen molar-refractivity contribution in [1.29, 1.82) is 0 Å². The van der Waals surface area contributed by atoms with Crippen LogP contribution in [0.4, 0.5) is 0 Å². The van der Waals surface area contributed by atoms with Gasteiger partial charge in [0.15, 0.2) is 17.6 Å². The molecule has 34 heavy (non-hydrogen) atoms. The SMILES string of the molecule is CCCN[C@@]12Cc3c([nH]c4ccccc34)[C@@H]3Oc4c(O)ccc5c4[C@]31CCN(CC1CC1)[C@@H]2C5. The molecule has 2 aromatic carbocycles. The van der Waals surface area contributed by atoms with Crippen molar-refractivity contribution in [2.24, 2.45) is 5.92 Å². The molecule has 2 fully saturated rings. The second kappa shape index (κ2) is 6.58. The first-order chi connectivity index (χ1) is 16.7. The van der Waals surface area contributed by atoms with Crippen LogP contribution in [-0.4, -0.2) is 46.2 Å². The van der Waals surface area contributed by atoms with Gasteiger partial charge in [-0.2, -0.15) is 0 Å². The van der Waals surface area contributed by atoms with Gasteiger partial charge < -0.3 is 20.1 Å². The number of ether oxygens (including phenoxy) is 1. The largest absolute Gasteiger partial charge is 0.504 e. The minimum absolute atomic E-state index is 0.0964. The van der Waals surface area contributed by atoms with Gasteiger partial charge in [-0.25, -0.2) is 0 Å². The van der Waals surface area contributed by atoms with Gasteiger partial charge >= 0.3 is 0 Å². The molecular formula is C29H33N3O2. The Morgan fingerprint density at radius 2 is 2.09 bits per heavy atom. The Morgan fingerprint density at radius 1 is 1.21 bits per heavy atom. The molecule has 1 spiro atoms. The van der Waals surface area contributed by atoms with E-state index in [0.717, 1.165) is 50.4 Å². The predicted octanol–water partition coefficient (Wildman–Crippen LogP) is 4.58. The van der Waals surface area contributed by atoms with Gasteiger partial charge in [0.05, 0.1) is 16.6 Å². The molecule has 3 heterocycles. The number of phenols is 1. The molecule has 0 unspecified atom stereocenters. The van der Waals surface area contributed by atoms with Gasteiger partial charge in [0.1, 0.15) is 0 Å². The monoisotopic (exact) mass is 455 g/mol. The van der Waals surface area contributed by atoms with E-state index in [0.29, 0.717) is 11.8 Å². The van der Waals surface area contributed by atoms with Crippen molar-refractivity contribution in [2.45, 2.75) is 68.5 Å². The summed E-state index contributed by atoms with van der Waals surface area (Å²) in [6, 6.07) is 13.2. The fourth-order valence-corrected chi connectivity index (χ4v) is 8.30. The van der Waals surface area contributed by atoms with E-state index in [1.807, 2.05) is 6.07 Å². The summed E-state index contributed by atoms with van der Waals surface area (Å²) >= 11 is 0. The van der Waals surface area contributed by atoms with E-state index in [4.69, 9.17) is 4.74 Å². The first-order valence-electron chi connectivity index (χ1n) is 13.3. The number of piperidine rings is 1. The Kier molecular flexibility index (Phi) is 3.83. The van der Waals surface area contributed by atoms with Crippen LogP contribution in [0.1, 0.15) is 61.1 Å². The molecule has 8 rings (SSSR count). The van der Waals surface area contributed by atoms with Crippen molar-refractivity contribution in [3.63, 3.8) is 0 Å². The van der Waals surface area contributed by atoms with Crippen LogP contribution in [0, 0.1) is 5.92 Å². The molecule has 0 radical (unpaired) electrons. The molecule has 3 aromatic rings. The number of likely N-dealkylation sites (tertiary alicyclic amines) is 1. The Bertz CT molecular complexity index is 1330. The standard InChI is InChI=1S/C29H33N3O2/c1-2-12-30-29-15-20-19-5-3-4-6-21(19)31-25(20)27-28(29)11-13-32(16-17-7-8-17)23(29)14-18-9-10-22(33)26(34-27)24(18)28/h3-6,9-10,17,23,27,30-31,33H,2,7-8,11-16H2,1H3/t23-,27+,28-,29-/m1/s1. The molecule has 2 aliphatic heterocycles. The van der Waals surface area contributed by atoms with Crippen molar-refractivity contribution in [1.82, 2.24) is 15.2 Å². The van der Waals surface area contributed by atoms with Crippen LogP contribution in [0.5, 0.6) is 11.5 Å². The maximum atomic E-state index is 11.0. The first-order valence-corrected chi connectivity index (χ1v) is 13.3. The van der Waals surface area contributed by atoms with Crippen LogP contribution in [0.15, 0.2) is 36.4 Å². The third-order valence-corrected chi connectivity index (χ3v) is 9.81. The molecule has 1 saturated heterocycles. The van der Waals surface area contributed by atoms with Crippen LogP contribution in [0.25, 0.3) is 10.9 Å². The second-order valence-corrected chi connectivity index (χ2v) is 11.5. The van der Waals surface area contributed by atoms with Crippen LogP contribution in [0.3, 0.4) is 0 Å². The maximum Gasteiger partial charge on any atom is 0.166 e. The van der Waals surface area contributed by atoms with Gasteiger partial charge in [-0.3, -0.25) is 4.90 Å². The minimum atomic E-state index is -0.164. The number of aromatic hydroxyl groups is 1. The Morgan fingerprint density at radius 3 is 2.94 bits per heavy atom. The number of hydrogen-bond acceptors (Lipinski definition) is 4. The van der Waals surface area contributed by atoms with Crippen molar-refractivity contribution in [3.05, 3.63) is 58.8 Å². The number of aromatic nitrogens is 1. The van der Waals surface area contributed by atoms with E-state index in [9.17, 15) is 5.11 Å². The second-order valence-electron chi connectivity index (χ2n) is 11.5. The molecule has 1 saturated carbocycles. The van der Waals surface area contributed by atoms with Gasteiger partial charge in [0, 0.05) is 29.1 Å². The van der Waals surface area contributed by atoms with Crippen molar-refractivity contribution in [3.8, 4) is 11.5 Å². The summed E-state index contributed by atoms with van der Waals surface area (Å²) in [5.41, 5.74) is 6.25. The van der Waals surface area contributed by atoms with E-state index in [-0.39, 0.29) is 17.1 Å². The number of phenolic OH excluding ortho intramolecular Hbond substituents is 1. The summed E-state index contributed by atoms with van der Waals surface area (Å²) in [5.74, 6) is 1.91. The van der Waals surface area contributed by atoms with E-state index < -0.39 is 0 Å². The summed E-state index contributed by atoms with van der Waals surface area (Å²) in [6.45, 7) is 5.61. The van der Waals surface area contributed by atoms with Crippen molar-refractivity contribution >= 4 is 10.9 Å².